The van der Waals surface area contributed by atoms with E-state index in [0.29, 0.717) is 5.92 Å². The van der Waals surface area contributed by atoms with Gasteiger partial charge in [-0.05, 0) is 26.3 Å². The van der Waals surface area contributed by atoms with E-state index < -0.39 is 0 Å². The lowest BCUT2D eigenvalue weighted by molar-refractivity contribution is 0.197. The lowest BCUT2D eigenvalue weighted by Crippen LogP contribution is -2.34. The van der Waals surface area contributed by atoms with Gasteiger partial charge in [-0.25, -0.2) is 9.97 Å². The van der Waals surface area contributed by atoms with Crippen molar-refractivity contribution in [1.29, 1.82) is 0 Å². The summed E-state index contributed by atoms with van der Waals surface area (Å²) in [7, 11) is 0. The number of rotatable bonds is 3. The quantitative estimate of drug-likeness (QED) is 0.740. The highest BCUT2D eigenvalue weighted by Gasteiger charge is 2.24. The summed E-state index contributed by atoms with van der Waals surface area (Å²) >= 11 is 3.50. The van der Waals surface area contributed by atoms with E-state index in [0.717, 1.165) is 18.1 Å². The van der Waals surface area contributed by atoms with Gasteiger partial charge in [-0.1, -0.05) is 0 Å². The Labute approximate surface area is 132 Å². The molecule has 1 fully saturated rings. The minimum Gasteiger partial charge on any atom is -0.297 e. The lowest BCUT2D eigenvalue weighted by Gasteiger charge is -2.31. The Morgan fingerprint density at radius 3 is 3.14 bits per heavy atom. The van der Waals surface area contributed by atoms with Crippen LogP contribution in [0.1, 0.15) is 35.2 Å². The second-order valence-corrected chi connectivity index (χ2v) is 7.44. The molecule has 0 amide bonds. The molecule has 3 aromatic heterocycles. The summed E-state index contributed by atoms with van der Waals surface area (Å²) in [5.41, 5.74) is 2.50. The van der Waals surface area contributed by atoms with Crippen LogP contribution in [0.15, 0.2) is 23.2 Å². The average Bonchev–Trinajstić information content (AvgIpc) is 3.20. The number of hydrogen-bond acceptors (Lipinski definition) is 5. The molecule has 0 bridgehead atoms. The van der Waals surface area contributed by atoms with Gasteiger partial charge in [0.25, 0.3) is 0 Å². The monoisotopic (exact) mass is 318 g/mol. The van der Waals surface area contributed by atoms with Crippen molar-refractivity contribution in [1.82, 2.24) is 19.3 Å². The van der Waals surface area contributed by atoms with Gasteiger partial charge in [-0.15, -0.1) is 22.7 Å². The Kier molecular flexibility index (Phi) is 3.52. The highest BCUT2D eigenvalue weighted by molar-refractivity contribution is 7.15. The van der Waals surface area contributed by atoms with E-state index in [9.17, 15) is 0 Å². The summed E-state index contributed by atoms with van der Waals surface area (Å²) in [6.07, 6.45) is 6.59. The summed E-state index contributed by atoms with van der Waals surface area (Å²) < 4.78 is 2.24. The fourth-order valence-corrected chi connectivity index (χ4v) is 4.73. The highest BCUT2D eigenvalue weighted by atomic mass is 32.1. The molecule has 4 rings (SSSR count). The molecule has 21 heavy (non-hydrogen) atoms. The van der Waals surface area contributed by atoms with E-state index in [1.54, 1.807) is 22.7 Å². The Hall–Kier alpha value is -1.24. The minimum atomic E-state index is 0.602. The summed E-state index contributed by atoms with van der Waals surface area (Å²) in [5.74, 6) is 0.602. The Morgan fingerprint density at radius 2 is 2.29 bits per heavy atom. The van der Waals surface area contributed by atoms with E-state index >= 15 is 0 Å². The molecule has 0 N–H and O–H groups in total. The van der Waals surface area contributed by atoms with Gasteiger partial charge in [0.1, 0.15) is 0 Å². The summed E-state index contributed by atoms with van der Waals surface area (Å²) in [5, 5.41) is 5.50. The first-order valence-electron chi connectivity index (χ1n) is 7.34. The number of likely N-dealkylation sites (tertiary alicyclic amines) is 1. The van der Waals surface area contributed by atoms with Crippen molar-refractivity contribution in [3.63, 3.8) is 0 Å². The fourth-order valence-electron chi connectivity index (χ4n) is 3.18. The predicted molar refractivity (Wildman–Crippen MR) is 87.2 cm³/mol. The van der Waals surface area contributed by atoms with E-state index in [1.807, 2.05) is 6.20 Å². The van der Waals surface area contributed by atoms with Gasteiger partial charge in [-0.2, -0.15) is 0 Å². The molecular formula is C15H18N4S2. The molecule has 0 saturated carbocycles. The molecule has 6 heteroatoms. The molecule has 1 atom stereocenters. The molecule has 1 saturated heterocycles. The van der Waals surface area contributed by atoms with Crippen LogP contribution in [0.4, 0.5) is 0 Å². The summed E-state index contributed by atoms with van der Waals surface area (Å²) in [6.45, 7) is 5.41. The van der Waals surface area contributed by atoms with Crippen LogP contribution in [0.2, 0.25) is 0 Å². The third-order valence-electron chi connectivity index (χ3n) is 4.24. The molecule has 4 heterocycles. The average molecular weight is 318 g/mol. The number of aromatic nitrogens is 3. The maximum absolute atomic E-state index is 4.65. The number of imidazole rings is 1. The van der Waals surface area contributed by atoms with Crippen molar-refractivity contribution in [2.45, 2.75) is 32.2 Å². The Morgan fingerprint density at radius 1 is 1.33 bits per heavy atom. The van der Waals surface area contributed by atoms with Gasteiger partial charge >= 0.3 is 0 Å². The van der Waals surface area contributed by atoms with Gasteiger partial charge in [0, 0.05) is 42.2 Å². The fraction of sp³-hybridized carbons (Fsp3) is 0.467. The normalized spacial score (nSPS) is 20.3. The number of nitrogens with zero attached hydrogens (tertiary/aromatic N) is 4. The minimum absolute atomic E-state index is 0.602. The molecule has 0 spiro atoms. The number of piperidine rings is 1. The van der Waals surface area contributed by atoms with Crippen LogP contribution in [0.25, 0.3) is 4.96 Å². The summed E-state index contributed by atoms with van der Waals surface area (Å²) in [6, 6.07) is 0. The molecule has 1 unspecified atom stereocenters. The molecular weight excluding hydrogens is 300 g/mol. The number of aryl methyl sites for hydroxylation is 1. The van der Waals surface area contributed by atoms with Crippen LogP contribution >= 0.6 is 22.7 Å². The number of fused-ring (bicyclic) bond motifs is 1. The van der Waals surface area contributed by atoms with Gasteiger partial charge < -0.3 is 0 Å². The predicted octanol–water partition coefficient (Wildman–Crippen LogP) is 3.54. The van der Waals surface area contributed by atoms with Crippen LogP contribution in [-0.4, -0.2) is 32.4 Å². The van der Waals surface area contributed by atoms with E-state index in [2.05, 4.69) is 43.1 Å². The Balaban J connectivity index is 1.54. The van der Waals surface area contributed by atoms with Crippen molar-refractivity contribution in [3.8, 4) is 0 Å². The third-order valence-corrected chi connectivity index (χ3v) is 5.94. The van der Waals surface area contributed by atoms with Crippen LogP contribution < -0.4 is 0 Å². The van der Waals surface area contributed by atoms with Gasteiger partial charge in [0.05, 0.1) is 16.4 Å². The molecule has 0 radical (unpaired) electrons. The zero-order valence-corrected chi connectivity index (χ0v) is 13.7. The molecule has 4 nitrogen and oxygen atoms in total. The van der Waals surface area contributed by atoms with Gasteiger partial charge in [0.2, 0.25) is 0 Å². The molecule has 1 aliphatic heterocycles. The van der Waals surface area contributed by atoms with Crippen LogP contribution in [0.5, 0.6) is 0 Å². The first-order valence-corrected chi connectivity index (χ1v) is 9.10. The molecule has 1 aliphatic rings. The number of hydrogen-bond donors (Lipinski definition) is 0. The maximum Gasteiger partial charge on any atom is 0.194 e. The smallest absolute Gasteiger partial charge is 0.194 e. The van der Waals surface area contributed by atoms with Crippen molar-refractivity contribution in [3.05, 3.63) is 39.5 Å². The third kappa shape index (κ3) is 2.52. The maximum atomic E-state index is 4.65. The van der Waals surface area contributed by atoms with E-state index in [-0.39, 0.29) is 0 Å². The van der Waals surface area contributed by atoms with Crippen LogP contribution in [0.3, 0.4) is 0 Å². The van der Waals surface area contributed by atoms with E-state index in [4.69, 9.17) is 0 Å². The molecule has 0 aliphatic carbocycles. The second kappa shape index (κ2) is 5.51. The molecule has 110 valence electrons. The first kappa shape index (κ1) is 13.4. The van der Waals surface area contributed by atoms with E-state index in [1.165, 1.54) is 35.8 Å². The molecule has 3 aromatic rings. The SMILES string of the molecule is Cc1nc2sccn2c1CN1CCCC(c2nccs2)C1. The largest absolute Gasteiger partial charge is 0.297 e. The zero-order chi connectivity index (χ0) is 14.2. The first-order chi connectivity index (χ1) is 10.3. The highest BCUT2D eigenvalue weighted by Crippen LogP contribution is 2.29. The summed E-state index contributed by atoms with van der Waals surface area (Å²) in [4.78, 5) is 12.8. The van der Waals surface area contributed by atoms with Gasteiger partial charge in [0.15, 0.2) is 4.96 Å². The van der Waals surface area contributed by atoms with Crippen LogP contribution in [0, 0.1) is 6.92 Å². The van der Waals surface area contributed by atoms with Crippen LogP contribution in [-0.2, 0) is 6.54 Å². The number of thiazole rings is 2. The Bertz CT molecular complexity index is 728. The van der Waals surface area contributed by atoms with Crippen molar-refractivity contribution >= 4 is 27.6 Å². The van der Waals surface area contributed by atoms with Crippen molar-refractivity contribution in [2.75, 3.05) is 13.1 Å². The standard InChI is InChI=1S/C15H18N4S2/c1-11-13(19-6-8-21-15(19)17-11)10-18-5-2-3-12(9-18)14-16-4-7-20-14/h4,6-8,12H,2-3,5,9-10H2,1H3. The van der Waals surface area contributed by atoms with Gasteiger partial charge in [-0.3, -0.25) is 9.30 Å². The molecule has 0 aromatic carbocycles. The van der Waals surface area contributed by atoms with Crippen molar-refractivity contribution in [2.24, 2.45) is 0 Å². The topological polar surface area (TPSA) is 33.4 Å². The lowest BCUT2D eigenvalue weighted by atomic mass is 9.98. The second-order valence-electron chi connectivity index (χ2n) is 5.64. The zero-order valence-electron chi connectivity index (χ0n) is 12.0. The van der Waals surface area contributed by atoms with Crippen molar-refractivity contribution < 1.29 is 0 Å².